The van der Waals surface area contributed by atoms with E-state index in [-0.39, 0.29) is 11.8 Å². The van der Waals surface area contributed by atoms with Gasteiger partial charge < -0.3 is 4.57 Å². The maximum absolute atomic E-state index is 13.9. The normalized spacial score (nSPS) is 12.8. The highest BCUT2D eigenvalue weighted by Crippen LogP contribution is 2.39. The molecule has 4 heterocycles. The van der Waals surface area contributed by atoms with Crippen LogP contribution in [0.2, 0.25) is 0 Å². The predicted octanol–water partition coefficient (Wildman–Crippen LogP) is 7.71. The Morgan fingerprint density at radius 1 is 0.524 bits per heavy atom. The number of nitrogens with zero attached hydrogens (tertiary/aromatic N) is 4. The number of pyridine rings is 2. The number of hydrogen-bond donors (Lipinski definition) is 0. The third-order valence-corrected chi connectivity index (χ3v) is 7.83. The molecule has 6 heteroatoms. The van der Waals surface area contributed by atoms with Gasteiger partial charge in [-0.1, -0.05) is 48.5 Å². The lowest BCUT2D eigenvalue weighted by Gasteiger charge is -2.14. The highest BCUT2D eigenvalue weighted by molar-refractivity contribution is 6.35. The number of hydrogen-bond acceptors (Lipinski definition) is 4. The lowest BCUT2D eigenvalue weighted by molar-refractivity contribution is 0.0926. The average Bonchev–Trinajstić information content (AvgIpc) is 3.52. The molecule has 8 rings (SSSR count). The van der Waals surface area contributed by atoms with Gasteiger partial charge in [0.15, 0.2) is 0 Å². The van der Waals surface area contributed by atoms with Gasteiger partial charge in [0.05, 0.1) is 44.9 Å². The van der Waals surface area contributed by atoms with Crippen LogP contribution >= 0.6 is 0 Å². The molecule has 0 saturated carbocycles. The van der Waals surface area contributed by atoms with Gasteiger partial charge in [0.1, 0.15) is 0 Å². The van der Waals surface area contributed by atoms with Gasteiger partial charge in [-0.25, -0.2) is 4.90 Å². The molecule has 198 valence electrons. The summed E-state index contributed by atoms with van der Waals surface area (Å²) < 4.78 is 2.09. The molecule has 0 spiro atoms. The Morgan fingerprint density at radius 2 is 1.12 bits per heavy atom. The van der Waals surface area contributed by atoms with Crippen molar-refractivity contribution in [1.29, 1.82) is 0 Å². The second-order valence-electron chi connectivity index (χ2n) is 10.2. The molecule has 0 bridgehead atoms. The first kappa shape index (κ1) is 24.0. The molecule has 4 aromatic carbocycles. The van der Waals surface area contributed by atoms with Gasteiger partial charge in [-0.05, 0) is 72.8 Å². The molecular formula is C36H22N4O2. The standard InChI is InChI=1S/C36H22N4O2/c41-35-26-11-8-14-33(34(26)36(42)39(35)25-9-2-1-3-10-25)40-31-17-15-23(29-12-4-6-19-37-29)21-27(31)28-22-24(16-18-32(28)40)30-13-5-7-20-38-30/h1-22H. The third kappa shape index (κ3) is 3.59. The first-order valence-electron chi connectivity index (χ1n) is 13.7. The van der Waals surface area contributed by atoms with Crippen molar-refractivity contribution < 1.29 is 9.59 Å². The van der Waals surface area contributed by atoms with Crippen LogP contribution in [0.5, 0.6) is 0 Å². The molecule has 1 aliphatic heterocycles. The van der Waals surface area contributed by atoms with Crippen molar-refractivity contribution >= 4 is 39.3 Å². The first-order valence-corrected chi connectivity index (χ1v) is 13.7. The van der Waals surface area contributed by atoms with E-state index in [9.17, 15) is 9.59 Å². The van der Waals surface area contributed by atoms with Gasteiger partial charge in [-0.3, -0.25) is 19.6 Å². The molecule has 0 aliphatic carbocycles. The molecule has 0 radical (unpaired) electrons. The number of aromatic nitrogens is 3. The monoisotopic (exact) mass is 542 g/mol. The van der Waals surface area contributed by atoms with E-state index in [0.29, 0.717) is 22.5 Å². The van der Waals surface area contributed by atoms with Crippen LogP contribution < -0.4 is 4.90 Å². The maximum Gasteiger partial charge on any atom is 0.268 e. The van der Waals surface area contributed by atoms with Gasteiger partial charge in [-0.15, -0.1) is 0 Å². The highest BCUT2D eigenvalue weighted by atomic mass is 16.2. The summed E-state index contributed by atoms with van der Waals surface area (Å²) in [6.45, 7) is 0. The maximum atomic E-state index is 13.9. The summed E-state index contributed by atoms with van der Waals surface area (Å²) in [5.41, 5.74) is 7.60. The molecule has 3 aromatic heterocycles. The fourth-order valence-corrected chi connectivity index (χ4v) is 5.93. The van der Waals surface area contributed by atoms with E-state index in [4.69, 9.17) is 0 Å². The summed E-state index contributed by atoms with van der Waals surface area (Å²) in [6, 6.07) is 38.8. The summed E-state index contributed by atoms with van der Waals surface area (Å²) in [5.74, 6) is -0.652. The minimum atomic E-state index is -0.331. The number of anilines is 1. The molecular weight excluding hydrogens is 520 g/mol. The zero-order valence-corrected chi connectivity index (χ0v) is 22.3. The Balaban J connectivity index is 1.40. The lowest BCUT2D eigenvalue weighted by atomic mass is 10.0. The summed E-state index contributed by atoms with van der Waals surface area (Å²) in [6.07, 6.45) is 3.58. The number of carbonyl (C=O) groups is 2. The number of benzene rings is 4. The van der Waals surface area contributed by atoms with E-state index in [0.717, 1.165) is 44.3 Å². The first-order chi connectivity index (χ1) is 20.7. The van der Waals surface area contributed by atoms with Gasteiger partial charge in [-0.2, -0.15) is 0 Å². The molecule has 42 heavy (non-hydrogen) atoms. The average molecular weight is 543 g/mol. The van der Waals surface area contributed by atoms with Crippen LogP contribution in [-0.2, 0) is 0 Å². The van der Waals surface area contributed by atoms with Crippen molar-refractivity contribution in [2.75, 3.05) is 4.90 Å². The third-order valence-electron chi connectivity index (χ3n) is 7.83. The Morgan fingerprint density at radius 3 is 1.69 bits per heavy atom. The van der Waals surface area contributed by atoms with Crippen molar-refractivity contribution in [1.82, 2.24) is 14.5 Å². The molecule has 0 saturated heterocycles. The highest BCUT2D eigenvalue weighted by Gasteiger charge is 2.39. The van der Waals surface area contributed by atoms with Crippen molar-refractivity contribution in [3.63, 3.8) is 0 Å². The molecule has 0 fully saturated rings. The lowest BCUT2D eigenvalue weighted by Crippen LogP contribution is -2.29. The molecule has 1 aliphatic rings. The minimum Gasteiger partial charge on any atom is -0.308 e. The van der Waals surface area contributed by atoms with E-state index >= 15 is 0 Å². The van der Waals surface area contributed by atoms with Gasteiger partial charge in [0.25, 0.3) is 11.8 Å². The molecule has 0 N–H and O–H groups in total. The van der Waals surface area contributed by atoms with Crippen molar-refractivity contribution in [3.8, 4) is 28.2 Å². The topological polar surface area (TPSA) is 68.1 Å². The number of amides is 2. The molecule has 7 aromatic rings. The van der Waals surface area contributed by atoms with E-state index in [1.165, 1.54) is 4.90 Å². The summed E-state index contributed by atoms with van der Waals surface area (Å²) in [5, 5.41) is 2.03. The molecule has 0 atom stereocenters. The zero-order valence-electron chi connectivity index (χ0n) is 22.3. The van der Waals surface area contributed by atoms with Crippen LogP contribution in [0.4, 0.5) is 5.69 Å². The number of fused-ring (bicyclic) bond motifs is 4. The van der Waals surface area contributed by atoms with Gasteiger partial charge >= 0.3 is 0 Å². The van der Waals surface area contributed by atoms with Crippen molar-refractivity contribution in [3.05, 3.63) is 145 Å². The predicted molar refractivity (Wildman–Crippen MR) is 165 cm³/mol. The Kier molecular flexibility index (Phi) is 5.34. The van der Waals surface area contributed by atoms with E-state index in [1.807, 2.05) is 78.9 Å². The number of para-hydroxylation sites is 1. The van der Waals surface area contributed by atoms with Crippen molar-refractivity contribution in [2.45, 2.75) is 0 Å². The molecule has 6 nitrogen and oxygen atoms in total. The van der Waals surface area contributed by atoms with E-state index in [2.05, 4.69) is 38.8 Å². The number of carbonyl (C=O) groups excluding carboxylic acids is 2. The van der Waals surface area contributed by atoms with Crippen molar-refractivity contribution in [2.24, 2.45) is 0 Å². The molecule has 0 unspecified atom stereocenters. The van der Waals surface area contributed by atoms with Crippen LogP contribution in [0.1, 0.15) is 20.7 Å². The fourth-order valence-electron chi connectivity index (χ4n) is 5.93. The Bertz CT molecular complexity index is 2080. The van der Waals surface area contributed by atoms with Crippen LogP contribution in [0.25, 0.3) is 50.0 Å². The number of imide groups is 1. The fraction of sp³-hybridized carbons (Fsp3) is 0. The summed E-state index contributed by atoms with van der Waals surface area (Å²) in [4.78, 5) is 37.9. The minimum absolute atomic E-state index is 0.321. The summed E-state index contributed by atoms with van der Waals surface area (Å²) >= 11 is 0. The SMILES string of the molecule is O=C1c2cccc(-n3c4ccc(-c5ccccn5)cc4c4cc(-c5ccccn5)ccc43)c2C(=O)N1c1ccccc1. The Hall–Kier alpha value is -5.88. The van der Waals surface area contributed by atoms with E-state index in [1.54, 1.807) is 30.6 Å². The zero-order chi connectivity index (χ0) is 28.2. The Labute approximate surface area is 241 Å². The smallest absolute Gasteiger partial charge is 0.268 e. The molecule has 2 amide bonds. The van der Waals surface area contributed by atoms with Crippen LogP contribution in [0, 0.1) is 0 Å². The van der Waals surface area contributed by atoms with Crippen LogP contribution in [-0.4, -0.2) is 26.3 Å². The van der Waals surface area contributed by atoms with Crippen LogP contribution in [0.3, 0.4) is 0 Å². The quantitative estimate of drug-likeness (QED) is 0.214. The largest absolute Gasteiger partial charge is 0.308 e. The van der Waals surface area contributed by atoms with Gasteiger partial charge in [0, 0.05) is 34.3 Å². The van der Waals surface area contributed by atoms with E-state index < -0.39 is 0 Å². The van der Waals surface area contributed by atoms with Crippen LogP contribution in [0.15, 0.2) is 134 Å². The van der Waals surface area contributed by atoms with Gasteiger partial charge in [0.2, 0.25) is 0 Å². The summed E-state index contributed by atoms with van der Waals surface area (Å²) in [7, 11) is 0. The second-order valence-corrected chi connectivity index (χ2v) is 10.2. The second kappa shape index (κ2) is 9.35. The number of rotatable bonds is 4.